The highest BCUT2D eigenvalue weighted by Crippen LogP contribution is 2.22. The van der Waals surface area contributed by atoms with Gasteiger partial charge < -0.3 is 9.80 Å². The molecule has 1 aliphatic heterocycles. The lowest BCUT2D eigenvalue weighted by atomic mass is 10.2. The van der Waals surface area contributed by atoms with E-state index in [9.17, 15) is 14.0 Å². The molecule has 1 aliphatic rings. The Morgan fingerprint density at radius 1 is 0.885 bits per heavy atom. The predicted molar refractivity (Wildman–Crippen MR) is 101 cm³/mol. The van der Waals surface area contributed by atoms with E-state index in [1.807, 2.05) is 18.2 Å². The second-order valence-electron chi connectivity index (χ2n) is 6.07. The third-order valence-electron chi connectivity index (χ3n) is 4.35. The van der Waals surface area contributed by atoms with Crippen molar-refractivity contribution < 1.29 is 14.0 Å². The van der Waals surface area contributed by atoms with Crippen LogP contribution < -0.4 is 0 Å². The monoisotopic (exact) mass is 372 g/mol. The van der Waals surface area contributed by atoms with Gasteiger partial charge in [-0.2, -0.15) is 0 Å². The molecule has 0 spiro atoms. The average Bonchev–Trinajstić information content (AvgIpc) is 2.69. The summed E-state index contributed by atoms with van der Waals surface area (Å²) in [4.78, 5) is 28.9. The SMILES string of the molecule is O=C(CCSc1ccccc1F)N1CCN(C(=O)c2ccccc2)CC1. The van der Waals surface area contributed by atoms with Gasteiger partial charge in [0, 0.05) is 48.8 Å². The molecule has 1 fully saturated rings. The summed E-state index contributed by atoms with van der Waals surface area (Å²) < 4.78 is 13.6. The van der Waals surface area contributed by atoms with Gasteiger partial charge in [0.1, 0.15) is 5.82 Å². The van der Waals surface area contributed by atoms with Crippen LogP contribution in [0.4, 0.5) is 4.39 Å². The fraction of sp³-hybridized carbons (Fsp3) is 0.300. The van der Waals surface area contributed by atoms with Gasteiger partial charge in [-0.05, 0) is 24.3 Å². The fourth-order valence-electron chi connectivity index (χ4n) is 2.89. The molecule has 0 radical (unpaired) electrons. The number of hydrogen-bond donors (Lipinski definition) is 0. The first-order valence-electron chi connectivity index (χ1n) is 8.64. The van der Waals surface area contributed by atoms with Crippen molar-refractivity contribution in [2.45, 2.75) is 11.3 Å². The third kappa shape index (κ3) is 4.64. The van der Waals surface area contributed by atoms with Crippen LogP contribution >= 0.6 is 11.8 Å². The van der Waals surface area contributed by atoms with E-state index >= 15 is 0 Å². The van der Waals surface area contributed by atoms with Crippen LogP contribution in [0.1, 0.15) is 16.8 Å². The lowest BCUT2D eigenvalue weighted by Gasteiger charge is -2.35. The van der Waals surface area contributed by atoms with Crippen molar-refractivity contribution in [1.29, 1.82) is 0 Å². The minimum Gasteiger partial charge on any atom is -0.339 e. The zero-order valence-corrected chi connectivity index (χ0v) is 15.3. The first-order chi connectivity index (χ1) is 12.6. The van der Waals surface area contributed by atoms with E-state index in [0.717, 1.165) is 0 Å². The van der Waals surface area contributed by atoms with E-state index in [1.165, 1.54) is 17.8 Å². The molecule has 0 atom stereocenters. The Balaban J connectivity index is 1.43. The summed E-state index contributed by atoms with van der Waals surface area (Å²) in [6.45, 7) is 2.17. The lowest BCUT2D eigenvalue weighted by molar-refractivity contribution is -0.132. The minimum atomic E-state index is -0.252. The number of piperazine rings is 1. The predicted octanol–water partition coefficient (Wildman–Crippen LogP) is 3.29. The van der Waals surface area contributed by atoms with Crippen LogP contribution in [0, 0.1) is 5.82 Å². The number of carbonyl (C=O) groups excluding carboxylic acids is 2. The van der Waals surface area contributed by atoms with Gasteiger partial charge >= 0.3 is 0 Å². The Kier molecular flexibility index (Phi) is 6.28. The normalized spacial score (nSPS) is 14.3. The topological polar surface area (TPSA) is 40.6 Å². The molecule has 136 valence electrons. The van der Waals surface area contributed by atoms with Crippen LogP contribution in [0.3, 0.4) is 0 Å². The Morgan fingerprint density at radius 2 is 1.50 bits per heavy atom. The van der Waals surface area contributed by atoms with Gasteiger partial charge in [0.05, 0.1) is 0 Å². The van der Waals surface area contributed by atoms with Gasteiger partial charge in [-0.15, -0.1) is 11.8 Å². The van der Waals surface area contributed by atoms with Crippen molar-refractivity contribution in [2.75, 3.05) is 31.9 Å². The molecule has 0 aliphatic carbocycles. The zero-order chi connectivity index (χ0) is 18.4. The van der Waals surface area contributed by atoms with Crippen LogP contribution in [-0.2, 0) is 4.79 Å². The number of rotatable bonds is 5. The molecule has 0 saturated carbocycles. The summed E-state index contributed by atoms with van der Waals surface area (Å²) in [6.07, 6.45) is 0.367. The first kappa shape index (κ1) is 18.5. The quantitative estimate of drug-likeness (QED) is 0.756. The summed E-state index contributed by atoms with van der Waals surface area (Å²) in [6, 6.07) is 15.8. The van der Waals surface area contributed by atoms with Gasteiger partial charge in [-0.25, -0.2) is 4.39 Å². The summed E-state index contributed by atoms with van der Waals surface area (Å²) >= 11 is 1.36. The van der Waals surface area contributed by atoms with E-state index in [1.54, 1.807) is 40.1 Å². The van der Waals surface area contributed by atoms with Gasteiger partial charge in [-0.3, -0.25) is 9.59 Å². The first-order valence-corrected chi connectivity index (χ1v) is 9.63. The van der Waals surface area contributed by atoms with E-state index in [-0.39, 0.29) is 17.6 Å². The molecule has 6 heteroatoms. The zero-order valence-electron chi connectivity index (χ0n) is 14.4. The molecule has 26 heavy (non-hydrogen) atoms. The van der Waals surface area contributed by atoms with Gasteiger partial charge in [0.25, 0.3) is 5.91 Å². The highest BCUT2D eigenvalue weighted by atomic mass is 32.2. The Hall–Kier alpha value is -2.34. The maximum atomic E-state index is 13.6. The van der Waals surface area contributed by atoms with Crippen molar-refractivity contribution >= 4 is 23.6 Å². The van der Waals surface area contributed by atoms with Crippen molar-refractivity contribution in [2.24, 2.45) is 0 Å². The molecule has 0 aromatic heterocycles. The van der Waals surface area contributed by atoms with Crippen molar-refractivity contribution in [3.63, 3.8) is 0 Å². The molecule has 3 rings (SSSR count). The Labute approximate surface area is 157 Å². The minimum absolute atomic E-state index is 0.00723. The van der Waals surface area contributed by atoms with Crippen LogP contribution in [-0.4, -0.2) is 53.5 Å². The van der Waals surface area contributed by atoms with Crippen molar-refractivity contribution in [3.8, 4) is 0 Å². The van der Waals surface area contributed by atoms with Crippen molar-refractivity contribution in [1.82, 2.24) is 9.80 Å². The summed E-state index contributed by atoms with van der Waals surface area (Å²) in [5, 5.41) is 0. The van der Waals surface area contributed by atoms with Crippen LogP contribution in [0.2, 0.25) is 0 Å². The average molecular weight is 372 g/mol. The molecule has 1 saturated heterocycles. The van der Waals surface area contributed by atoms with E-state index in [4.69, 9.17) is 0 Å². The Bertz CT molecular complexity index is 761. The Morgan fingerprint density at radius 3 is 2.19 bits per heavy atom. The molecule has 2 amide bonds. The van der Waals surface area contributed by atoms with Crippen molar-refractivity contribution in [3.05, 3.63) is 66.0 Å². The lowest BCUT2D eigenvalue weighted by Crippen LogP contribution is -2.50. The number of thioether (sulfide) groups is 1. The highest BCUT2D eigenvalue weighted by Gasteiger charge is 2.24. The van der Waals surface area contributed by atoms with Crippen LogP contribution in [0.15, 0.2) is 59.5 Å². The molecule has 0 unspecified atom stereocenters. The maximum absolute atomic E-state index is 13.6. The molecule has 0 bridgehead atoms. The third-order valence-corrected chi connectivity index (χ3v) is 5.40. The second-order valence-corrected chi connectivity index (χ2v) is 7.20. The van der Waals surface area contributed by atoms with Crippen LogP contribution in [0.25, 0.3) is 0 Å². The second kappa shape index (κ2) is 8.85. The highest BCUT2D eigenvalue weighted by molar-refractivity contribution is 7.99. The van der Waals surface area contributed by atoms with Crippen LogP contribution in [0.5, 0.6) is 0 Å². The molecular weight excluding hydrogens is 351 g/mol. The molecule has 1 heterocycles. The summed E-state index contributed by atoms with van der Waals surface area (Å²) in [5.41, 5.74) is 0.675. The maximum Gasteiger partial charge on any atom is 0.253 e. The fourth-order valence-corrected chi connectivity index (χ4v) is 3.77. The molecule has 4 nitrogen and oxygen atoms in total. The number of nitrogens with zero attached hydrogens (tertiary/aromatic N) is 2. The number of halogens is 1. The van der Waals surface area contributed by atoms with Gasteiger partial charge in [0.2, 0.25) is 5.91 Å². The summed E-state index contributed by atoms with van der Waals surface area (Å²) in [7, 11) is 0. The molecule has 2 aromatic carbocycles. The van der Waals surface area contributed by atoms with Gasteiger partial charge in [-0.1, -0.05) is 30.3 Å². The standard InChI is InChI=1S/C20H21FN2O2S/c21-17-8-4-5-9-18(17)26-15-10-19(24)22-11-13-23(14-12-22)20(25)16-6-2-1-3-7-16/h1-9H,10-15H2. The molecule has 0 N–H and O–H groups in total. The van der Waals surface area contributed by atoms with E-state index < -0.39 is 0 Å². The number of amides is 2. The number of benzene rings is 2. The number of hydrogen-bond acceptors (Lipinski definition) is 3. The summed E-state index contributed by atoms with van der Waals surface area (Å²) in [5.74, 6) is 0.356. The van der Waals surface area contributed by atoms with E-state index in [0.29, 0.717) is 48.8 Å². The number of carbonyl (C=O) groups is 2. The molecule has 2 aromatic rings. The molecular formula is C20H21FN2O2S. The largest absolute Gasteiger partial charge is 0.339 e. The smallest absolute Gasteiger partial charge is 0.253 e. The van der Waals surface area contributed by atoms with E-state index in [2.05, 4.69) is 0 Å². The van der Waals surface area contributed by atoms with Gasteiger partial charge in [0.15, 0.2) is 0 Å².